The molecule has 1 atom stereocenters. The highest BCUT2D eigenvalue weighted by molar-refractivity contribution is 6.02. The number of fused-ring (bicyclic) bond motifs is 1. The quantitative estimate of drug-likeness (QED) is 0.486. The first kappa shape index (κ1) is 25.9. The van der Waals surface area contributed by atoms with Crippen molar-refractivity contribution in [1.82, 2.24) is 9.80 Å². The van der Waals surface area contributed by atoms with Gasteiger partial charge in [-0.2, -0.15) is 4.39 Å². The number of benzene rings is 2. The Labute approximate surface area is 200 Å². The van der Waals surface area contributed by atoms with Crippen LogP contribution in [0.3, 0.4) is 0 Å². The Morgan fingerprint density at radius 3 is 2.57 bits per heavy atom. The molecule has 0 aromatic heterocycles. The highest BCUT2D eigenvalue weighted by atomic mass is 19.3. The third-order valence-corrected chi connectivity index (χ3v) is 5.39. The van der Waals surface area contributed by atoms with Gasteiger partial charge in [0.05, 0.1) is 0 Å². The standard InChI is InChI=1S/C24H26F3N3O5/c1-13-17(31)10-18(32)20(21(13)35-23(27)22(25)26)24(34)30-11-14-6-4-7-16(15(14)12-30)28-19(33)8-5-9-29(2)3/h4-8,10,22-23,31-32H,9,11-12H2,1-3H3,(H,28,33)/b8-5+. The lowest BCUT2D eigenvalue weighted by atomic mass is 10.1. The molecule has 2 aromatic rings. The number of nitrogens with one attached hydrogen (secondary N) is 1. The van der Waals surface area contributed by atoms with Gasteiger partial charge in [-0.1, -0.05) is 18.2 Å². The maximum Gasteiger partial charge on any atom is 0.304 e. The Hall–Kier alpha value is -3.73. The lowest BCUT2D eigenvalue weighted by molar-refractivity contribution is -0.111. The van der Waals surface area contributed by atoms with E-state index in [0.29, 0.717) is 17.8 Å². The van der Waals surface area contributed by atoms with Crippen LogP contribution in [0.25, 0.3) is 0 Å². The molecule has 1 heterocycles. The van der Waals surface area contributed by atoms with E-state index in [9.17, 15) is 33.0 Å². The first-order valence-electron chi connectivity index (χ1n) is 10.7. The summed E-state index contributed by atoms with van der Waals surface area (Å²) in [5.41, 5.74) is 1.14. The van der Waals surface area contributed by atoms with Gasteiger partial charge in [-0.05, 0) is 32.6 Å². The summed E-state index contributed by atoms with van der Waals surface area (Å²) >= 11 is 0. The van der Waals surface area contributed by atoms with Crippen molar-refractivity contribution < 1.29 is 37.7 Å². The zero-order valence-corrected chi connectivity index (χ0v) is 19.4. The van der Waals surface area contributed by atoms with Crippen LogP contribution in [0.5, 0.6) is 17.2 Å². The van der Waals surface area contributed by atoms with E-state index in [1.807, 2.05) is 19.0 Å². The zero-order valence-electron chi connectivity index (χ0n) is 19.4. The maximum atomic E-state index is 13.7. The van der Waals surface area contributed by atoms with E-state index in [1.165, 1.54) is 17.9 Å². The number of alkyl halides is 3. The van der Waals surface area contributed by atoms with Gasteiger partial charge in [0.25, 0.3) is 12.3 Å². The fraction of sp³-hybridized carbons (Fsp3) is 0.333. The molecule has 0 fully saturated rings. The normalized spacial score (nSPS) is 14.0. The summed E-state index contributed by atoms with van der Waals surface area (Å²) < 4.78 is 43.9. The monoisotopic (exact) mass is 493 g/mol. The highest BCUT2D eigenvalue weighted by Gasteiger charge is 2.33. The first-order valence-corrected chi connectivity index (χ1v) is 10.7. The number of nitrogens with zero attached hydrogens (tertiary/aromatic N) is 2. The second-order valence-corrected chi connectivity index (χ2v) is 8.31. The number of halogens is 3. The number of likely N-dealkylation sites (N-methyl/N-ethyl adjacent to an activating group) is 1. The summed E-state index contributed by atoms with van der Waals surface area (Å²) in [5, 5.41) is 23.0. The highest BCUT2D eigenvalue weighted by Crippen LogP contribution is 2.41. The number of carbonyl (C=O) groups excluding carboxylic acids is 2. The van der Waals surface area contributed by atoms with Crippen LogP contribution in [0.2, 0.25) is 0 Å². The third-order valence-electron chi connectivity index (χ3n) is 5.39. The minimum Gasteiger partial charge on any atom is -0.507 e. The number of aromatic hydroxyl groups is 2. The molecule has 0 radical (unpaired) electrons. The summed E-state index contributed by atoms with van der Waals surface area (Å²) in [6.45, 7) is 1.93. The molecule has 0 aliphatic carbocycles. The number of anilines is 1. The number of rotatable bonds is 8. The Morgan fingerprint density at radius 2 is 1.91 bits per heavy atom. The molecule has 188 valence electrons. The molecule has 11 heteroatoms. The Morgan fingerprint density at radius 1 is 1.20 bits per heavy atom. The fourth-order valence-corrected chi connectivity index (χ4v) is 3.63. The molecule has 3 N–H and O–H groups in total. The second kappa shape index (κ2) is 10.7. The van der Waals surface area contributed by atoms with Crippen molar-refractivity contribution in [3.63, 3.8) is 0 Å². The molecule has 1 unspecified atom stereocenters. The number of carbonyl (C=O) groups is 2. The van der Waals surface area contributed by atoms with Crippen LogP contribution in [-0.4, -0.2) is 65.3 Å². The van der Waals surface area contributed by atoms with Gasteiger partial charge in [-0.3, -0.25) is 9.59 Å². The number of amides is 2. The van der Waals surface area contributed by atoms with Crippen LogP contribution >= 0.6 is 0 Å². The van der Waals surface area contributed by atoms with Crippen LogP contribution in [-0.2, 0) is 17.9 Å². The van der Waals surface area contributed by atoms with Crippen LogP contribution in [0.1, 0.15) is 27.0 Å². The molecule has 0 spiro atoms. The Balaban J connectivity index is 1.87. The van der Waals surface area contributed by atoms with E-state index < -0.39 is 41.5 Å². The van der Waals surface area contributed by atoms with Crippen molar-refractivity contribution in [2.45, 2.75) is 32.8 Å². The van der Waals surface area contributed by atoms with Gasteiger partial charge < -0.3 is 30.1 Å². The van der Waals surface area contributed by atoms with Gasteiger partial charge >= 0.3 is 6.43 Å². The molecular weight excluding hydrogens is 467 g/mol. The summed E-state index contributed by atoms with van der Waals surface area (Å²) in [6.07, 6.45) is -3.48. The van der Waals surface area contributed by atoms with Crippen LogP contribution < -0.4 is 10.1 Å². The Bertz CT molecular complexity index is 1150. The van der Waals surface area contributed by atoms with E-state index in [0.717, 1.165) is 11.6 Å². The van der Waals surface area contributed by atoms with E-state index in [2.05, 4.69) is 10.1 Å². The topological polar surface area (TPSA) is 102 Å². The third kappa shape index (κ3) is 5.86. The number of hydrogen-bond acceptors (Lipinski definition) is 6. The van der Waals surface area contributed by atoms with Crippen molar-refractivity contribution in [1.29, 1.82) is 0 Å². The second-order valence-electron chi connectivity index (χ2n) is 8.31. The number of phenolic OH excluding ortho intramolecular Hbond substituents is 2. The summed E-state index contributed by atoms with van der Waals surface area (Å²) in [4.78, 5) is 28.8. The molecule has 2 amide bonds. The average Bonchev–Trinajstić information content (AvgIpc) is 3.22. The minimum atomic E-state index is -3.50. The Kier molecular flexibility index (Phi) is 7.90. The van der Waals surface area contributed by atoms with Gasteiger partial charge in [0.2, 0.25) is 5.91 Å². The zero-order chi connectivity index (χ0) is 25.9. The summed E-state index contributed by atoms with van der Waals surface area (Å²) in [5.74, 6) is -3.14. The minimum absolute atomic E-state index is 0.0265. The SMILES string of the molecule is Cc1c(O)cc(O)c(C(=O)N2Cc3cccc(NC(=O)/C=C/CN(C)C)c3C2)c1OC(F)C(F)F. The molecule has 0 bridgehead atoms. The lowest BCUT2D eigenvalue weighted by Crippen LogP contribution is -2.28. The van der Waals surface area contributed by atoms with Gasteiger partial charge in [0.1, 0.15) is 22.8 Å². The van der Waals surface area contributed by atoms with Crippen molar-refractivity contribution in [3.05, 3.63) is 58.7 Å². The van der Waals surface area contributed by atoms with Crippen molar-refractivity contribution >= 4 is 17.5 Å². The van der Waals surface area contributed by atoms with Crippen molar-refractivity contribution in [2.75, 3.05) is 26.0 Å². The number of phenols is 2. The first-order chi connectivity index (χ1) is 16.5. The summed E-state index contributed by atoms with van der Waals surface area (Å²) in [6, 6.07) is 6.00. The molecule has 0 saturated carbocycles. The predicted molar refractivity (Wildman–Crippen MR) is 122 cm³/mol. The molecule has 2 aromatic carbocycles. The molecule has 1 aliphatic rings. The van der Waals surface area contributed by atoms with E-state index in [-0.39, 0.29) is 24.6 Å². The van der Waals surface area contributed by atoms with Gasteiger partial charge in [-0.25, -0.2) is 8.78 Å². The van der Waals surface area contributed by atoms with Crippen LogP contribution in [0.15, 0.2) is 36.4 Å². The van der Waals surface area contributed by atoms with Gasteiger partial charge in [0.15, 0.2) is 0 Å². The molecule has 3 rings (SSSR count). The van der Waals surface area contributed by atoms with E-state index in [4.69, 9.17) is 0 Å². The fourth-order valence-electron chi connectivity index (χ4n) is 3.63. The molecule has 0 saturated heterocycles. The van der Waals surface area contributed by atoms with E-state index >= 15 is 0 Å². The molecular formula is C24H26F3N3O5. The largest absolute Gasteiger partial charge is 0.507 e. The lowest BCUT2D eigenvalue weighted by Gasteiger charge is -2.22. The smallest absolute Gasteiger partial charge is 0.304 e. The van der Waals surface area contributed by atoms with Crippen molar-refractivity contribution in [3.8, 4) is 17.2 Å². The summed E-state index contributed by atoms with van der Waals surface area (Å²) in [7, 11) is 3.73. The van der Waals surface area contributed by atoms with Crippen LogP contribution in [0.4, 0.5) is 18.9 Å². The molecule has 35 heavy (non-hydrogen) atoms. The van der Waals surface area contributed by atoms with E-state index in [1.54, 1.807) is 24.3 Å². The maximum absolute atomic E-state index is 13.7. The molecule has 1 aliphatic heterocycles. The van der Waals surface area contributed by atoms with Crippen LogP contribution in [0, 0.1) is 6.92 Å². The van der Waals surface area contributed by atoms with Gasteiger partial charge in [-0.15, -0.1) is 0 Å². The predicted octanol–water partition coefficient (Wildman–Crippen LogP) is 3.56. The molecule has 8 nitrogen and oxygen atoms in total. The van der Waals surface area contributed by atoms with Crippen molar-refractivity contribution in [2.24, 2.45) is 0 Å². The number of ether oxygens (including phenoxy) is 1. The average molecular weight is 493 g/mol. The van der Waals surface area contributed by atoms with Gasteiger partial charge in [0, 0.05) is 48.6 Å². The number of hydrogen-bond donors (Lipinski definition) is 3.